The Morgan fingerprint density at radius 3 is 2.58 bits per heavy atom. The number of hydrogen-bond acceptors (Lipinski definition) is 5. The number of benzene rings is 2. The van der Waals surface area contributed by atoms with Crippen LogP contribution in [0, 0.1) is 6.92 Å². The summed E-state index contributed by atoms with van der Waals surface area (Å²) in [4.78, 5) is 4.42. The molecule has 0 spiro atoms. The third-order valence-electron chi connectivity index (χ3n) is 3.37. The third kappa shape index (κ3) is 4.67. The molecule has 1 N–H and O–H groups in total. The second-order valence-electron chi connectivity index (χ2n) is 5.43. The molecule has 0 aliphatic carbocycles. The minimum Gasteiger partial charge on any atom is -0.486 e. The van der Waals surface area contributed by atoms with Crippen molar-refractivity contribution in [3.63, 3.8) is 0 Å². The van der Waals surface area contributed by atoms with Crippen LogP contribution in [0.25, 0.3) is 0 Å². The maximum Gasteiger partial charge on any atom is 0.263 e. The van der Waals surface area contributed by atoms with Gasteiger partial charge in [0.05, 0.1) is 15.6 Å². The molecule has 0 amide bonds. The van der Waals surface area contributed by atoms with Gasteiger partial charge >= 0.3 is 0 Å². The molecule has 0 radical (unpaired) electrons. The Bertz CT molecular complexity index is 1020. The SMILES string of the molecule is Cc1ccc(S(=O)(=O)Nc2nc(COc3ccc(Cl)cc3Cl)cs2)cc1. The van der Waals surface area contributed by atoms with Gasteiger partial charge in [-0.05, 0) is 37.3 Å². The van der Waals surface area contributed by atoms with Crippen LogP contribution in [-0.4, -0.2) is 13.4 Å². The Morgan fingerprint density at radius 2 is 1.88 bits per heavy atom. The fourth-order valence-corrected chi connectivity index (χ4v) is 4.47. The van der Waals surface area contributed by atoms with Crippen molar-refractivity contribution in [2.24, 2.45) is 0 Å². The molecule has 5 nitrogen and oxygen atoms in total. The lowest BCUT2D eigenvalue weighted by molar-refractivity contribution is 0.302. The third-order valence-corrected chi connectivity index (χ3v) is 6.20. The van der Waals surface area contributed by atoms with Gasteiger partial charge in [-0.1, -0.05) is 40.9 Å². The van der Waals surface area contributed by atoms with Crippen molar-refractivity contribution in [3.8, 4) is 5.75 Å². The Morgan fingerprint density at radius 1 is 1.15 bits per heavy atom. The van der Waals surface area contributed by atoms with E-state index in [2.05, 4.69) is 9.71 Å². The maximum absolute atomic E-state index is 12.4. The van der Waals surface area contributed by atoms with E-state index in [-0.39, 0.29) is 16.6 Å². The average molecular weight is 429 g/mol. The number of nitrogens with zero attached hydrogens (tertiary/aromatic N) is 1. The van der Waals surface area contributed by atoms with Gasteiger partial charge in [-0.15, -0.1) is 11.3 Å². The summed E-state index contributed by atoms with van der Waals surface area (Å²) in [7, 11) is -3.67. The second-order valence-corrected chi connectivity index (χ2v) is 8.81. The first-order valence-electron chi connectivity index (χ1n) is 7.45. The zero-order valence-electron chi connectivity index (χ0n) is 13.6. The summed E-state index contributed by atoms with van der Waals surface area (Å²) < 4.78 is 32.8. The molecule has 9 heteroatoms. The minimum absolute atomic E-state index is 0.157. The molecule has 1 aromatic heterocycles. The predicted octanol–water partition coefficient (Wildman–Crippen LogP) is 5.14. The van der Waals surface area contributed by atoms with Crippen LogP contribution in [0.3, 0.4) is 0 Å². The van der Waals surface area contributed by atoms with Gasteiger partial charge < -0.3 is 4.74 Å². The molecule has 0 aliphatic rings. The van der Waals surface area contributed by atoms with Crippen molar-refractivity contribution in [1.82, 2.24) is 4.98 Å². The summed E-state index contributed by atoms with van der Waals surface area (Å²) >= 11 is 13.1. The number of anilines is 1. The smallest absolute Gasteiger partial charge is 0.263 e. The van der Waals surface area contributed by atoms with Crippen molar-refractivity contribution in [1.29, 1.82) is 0 Å². The van der Waals surface area contributed by atoms with Crippen molar-refractivity contribution >= 4 is 49.7 Å². The van der Waals surface area contributed by atoms with Crippen molar-refractivity contribution in [2.45, 2.75) is 18.4 Å². The molecule has 0 aliphatic heterocycles. The molecule has 26 heavy (non-hydrogen) atoms. The topological polar surface area (TPSA) is 68.3 Å². The molecule has 2 aromatic carbocycles. The Balaban J connectivity index is 1.67. The van der Waals surface area contributed by atoms with Gasteiger partial charge in [0.15, 0.2) is 5.13 Å². The summed E-state index contributed by atoms with van der Waals surface area (Å²) in [6, 6.07) is 11.5. The van der Waals surface area contributed by atoms with Crippen LogP contribution < -0.4 is 9.46 Å². The largest absolute Gasteiger partial charge is 0.486 e. The number of halogens is 2. The molecule has 3 rings (SSSR count). The molecule has 136 valence electrons. The summed E-state index contributed by atoms with van der Waals surface area (Å²) in [5.41, 5.74) is 1.57. The number of aromatic nitrogens is 1. The molecule has 0 fully saturated rings. The summed E-state index contributed by atoms with van der Waals surface area (Å²) in [5, 5.41) is 2.90. The van der Waals surface area contributed by atoms with E-state index in [0.29, 0.717) is 21.5 Å². The van der Waals surface area contributed by atoms with Crippen LogP contribution >= 0.6 is 34.5 Å². The molecule has 3 aromatic rings. The van der Waals surface area contributed by atoms with Crippen molar-refractivity contribution in [2.75, 3.05) is 4.72 Å². The standard InChI is InChI=1S/C17H14Cl2N2O3S2/c1-11-2-5-14(6-3-11)26(22,23)21-17-20-13(10-25-17)9-24-16-7-4-12(18)8-15(16)19/h2-8,10H,9H2,1H3,(H,20,21). The van der Waals surface area contributed by atoms with Crippen LogP contribution in [0.5, 0.6) is 5.75 Å². The molecular formula is C17H14Cl2N2O3S2. The van der Waals surface area contributed by atoms with Gasteiger partial charge in [0, 0.05) is 10.4 Å². The monoisotopic (exact) mass is 428 g/mol. The number of nitrogens with one attached hydrogen (secondary N) is 1. The predicted molar refractivity (Wildman–Crippen MR) is 105 cm³/mol. The highest BCUT2D eigenvalue weighted by atomic mass is 35.5. The van der Waals surface area contributed by atoms with E-state index >= 15 is 0 Å². The molecule has 1 heterocycles. The Kier molecular flexibility index (Phi) is 5.72. The first-order chi connectivity index (χ1) is 12.3. The van der Waals surface area contributed by atoms with E-state index < -0.39 is 10.0 Å². The van der Waals surface area contributed by atoms with Gasteiger partial charge in [0.2, 0.25) is 0 Å². The highest BCUT2D eigenvalue weighted by molar-refractivity contribution is 7.93. The molecule has 0 bridgehead atoms. The number of thiazole rings is 1. The molecule has 0 saturated heterocycles. The van der Waals surface area contributed by atoms with E-state index in [0.717, 1.165) is 5.56 Å². The van der Waals surface area contributed by atoms with Gasteiger partial charge in [0.1, 0.15) is 12.4 Å². The molecule has 0 unspecified atom stereocenters. The van der Waals surface area contributed by atoms with Gasteiger partial charge in [-0.25, -0.2) is 13.4 Å². The zero-order chi connectivity index (χ0) is 18.7. The van der Waals surface area contributed by atoms with Gasteiger partial charge in [-0.3, -0.25) is 4.72 Å². The minimum atomic E-state index is -3.67. The van der Waals surface area contributed by atoms with E-state index in [9.17, 15) is 8.42 Å². The fourth-order valence-electron chi connectivity index (χ4n) is 2.06. The average Bonchev–Trinajstić information content (AvgIpc) is 3.01. The molecule has 0 saturated carbocycles. The number of ether oxygens (including phenoxy) is 1. The molecule has 0 atom stereocenters. The van der Waals surface area contributed by atoms with Gasteiger partial charge in [0.25, 0.3) is 10.0 Å². The van der Waals surface area contributed by atoms with E-state index in [4.69, 9.17) is 27.9 Å². The normalized spacial score (nSPS) is 11.3. The fraction of sp³-hybridized carbons (Fsp3) is 0.118. The van der Waals surface area contributed by atoms with Crippen molar-refractivity contribution in [3.05, 3.63) is 69.1 Å². The summed E-state index contributed by atoms with van der Waals surface area (Å²) in [5.74, 6) is 0.478. The first-order valence-corrected chi connectivity index (χ1v) is 10.6. The molecular weight excluding hydrogens is 415 g/mol. The first kappa shape index (κ1) is 19.0. The van der Waals surface area contributed by atoms with Crippen molar-refractivity contribution < 1.29 is 13.2 Å². The van der Waals surface area contributed by atoms with E-state index in [1.807, 2.05) is 6.92 Å². The lowest BCUT2D eigenvalue weighted by atomic mass is 10.2. The quantitative estimate of drug-likeness (QED) is 0.589. The number of rotatable bonds is 6. The highest BCUT2D eigenvalue weighted by Crippen LogP contribution is 2.28. The summed E-state index contributed by atoms with van der Waals surface area (Å²) in [6.45, 7) is 2.05. The van der Waals surface area contributed by atoms with Gasteiger partial charge in [-0.2, -0.15) is 0 Å². The zero-order valence-corrected chi connectivity index (χ0v) is 16.7. The second kappa shape index (κ2) is 7.84. The Labute approximate surface area is 165 Å². The van der Waals surface area contributed by atoms with Crippen LogP contribution in [0.15, 0.2) is 52.7 Å². The van der Waals surface area contributed by atoms with Crippen LogP contribution in [-0.2, 0) is 16.6 Å². The summed E-state index contributed by atoms with van der Waals surface area (Å²) in [6.07, 6.45) is 0. The highest BCUT2D eigenvalue weighted by Gasteiger charge is 2.16. The number of sulfonamides is 1. The van der Waals surface area contributed by atoms with Crippen LogP contribution in [0.4, 0.5) is 5.13 Å². The Hall–Kier alpha value is -1.80. The number of hydrogen-bond donors (Lipinski definition) is 1. The lowest BCUT2D eigenvalue weighted by Crippen LogP contribution is -2.12. The number of aryl methyl sites for hydroxylation is 1. The van der Waals surface area contributed by atoms with Crippen LogP contribution in [0.2, 0.25) is 10.0 Å². The lowest BCUT2D eigenvalue weighted by Gasteiger charge is -2.07. The van der Waals surface area contributed by atoms with E-state index in [1.54, 1.807) is 47.8 Å². The van der Waals surface area contributed by atoms with Crippen LogP contribution in [0.1, 0.15) is 11.3 Å². The maximum atomic E-state index is 12.4. The van der Waals surface area contributed by atoms with E-state index in [1.165, 1.54) is 11.3 Å².